The predicted molar refractivity (Wildman–Crippen MR) is 92.6 cm³/mol. The first kappa shape index (κ1) is 15.3. The lowest BCUT2D eigenvalue weighted by atomic mass is 10.2. The molecule has 0 spiro atoms. The second-order valence-electron chi connectivity index (χ2n) is 6.03. The van der Waals surface area contributed by atoms with Crippen molar-refractivity contribution < 1.29 is 4.79 Å². The molecule has 0 saturated carbocycles. The lowest BCUT2D eigenvalue weighted by Crippen LogP contribution is -2.30. The van der Waals surface area contributed by atoms with E-state index in [1.807, 2.05) is 23.1 Å². The maximum atomic E-state index is 12.6. The molecule has 7 heteroatoms. The van der Waals surface area contributed by atoms with E-state index in [-0.39, 0.29) is 11.9 Å². The quantitative estimate of drug-likeness (QED) is 0.715. The Morgan fingerprint density at radius 3 is 3.08 bits per heavy atom. The smallest absolute Gasteiger partial charge is 0.223 e. The summed E-state index contributed by atoms with van der Waals surface area (Å²) in [5, 5.41) is 5.14. The largest absolute Gasteiger partial charge is 0.333 e. The van der Waals surface area contributed by atoms with Crippen molar-refractivity contribution in [1.82, 2.24) is 24.6 Å². The van der Waals surface area contributed by atoms with Gasteiger partial charge in [0, 0.05) is 19.5 Å². The number of nitrogens with zero attached hydrogens (tertiary/aromatic N) is 5. The standard InChI is InChI=1S/C17H19N5OS/c23-16(8-4-9-21-12-18-11-19-21)22-10-3-6-14(22)17-20-13-5-1-2-7-15(13)24-17/h1-2,5,7,11-12,14H,3-4,6,8-10H2/t14-/m1/s1. The van der Waals surface area contributed by atoms with Crippen LogP contribution in [0.5, 0.6) is 0 Å². The van der Waals surface area contributed by atoms with Crippen LogP contribution in [-0.2, 0) is 11.3 Å². The molecule has 124 valence electrons. The zero-order valence-corrected chi connectivity index (χ0v) is 14.2. The number of benzene rings is 1. The zero-order valence-electron chi connectivity index (χ0n) is 13.3. The minimum absolute atomic E-state index is 0.140. The van der Waals surface area contributed by atoms with Gasteiger partial charge in [0.15, 0.2) is 0 Å². The van der Waals surface area contributed by atoms with Crippen LogP contribution in [-0.4, -0.2) is 37.1 Å². The Hall–Kier alpha value is -2.28. The first-order valence-electron chi connectivity index (χ1n) is 8.28. The van der Waals surface area contributed by atoms with E-state index >= 15 is 0 Å². The molecule has 1 fully saturated rings. The normalized spacial score (nSPS) is 17.7. The predicted octanol–water partition coefficient (Wildman–Crippen LogP) is 3.03. The van der Waals surface area contributed by atoms with Crippen LogP contribution in [0.4, 0.5) is 0 Å². The summed E-state index contributed by atoms with van der Waals surface area (Å²) in [7, 11) is 0. The SMILES string of the molecule is O=C(CCCn1cncn1)N1CCC[C@@H]1c1nc2ccccc2s1. The Morgan fingerprint density at radius 2 is 2.25 bits per heavy atom. The topological polar surface area (TPSA) is 63.9 Å². The van der Waals surface area contributed by atoms with Crippen molar-refractivity contribution in [2.75, 3.05) is 6.54 Å². The molecule has 2 aromatic heterocycles. The molecule has 0 radical (unpaired) electrons. The van der Waals surface area contributed by atoms with E-state index in [1.165, 1.54) is 11.0 Å². The number of para-hydroxylation sites is 1. The molecule has 0 aliphatic carbocycles. The number of aryl methyl sites for hydroxylation is 1. The van der Waals surface area contributed by atoms with Crippen molar-refractivity contribution in [2.45, 2.75) is 38.3 Å². The molecule has 1 aromatic carbocycles. The average Bonchev–Trinajstić information content (AvgIpc) is 3.33. The molecule has 1 saturated heterocycles. The van der Waals surface area contributed by atoms with Gasteiger partial charge in [0.1, 0.15) is 17.7 Å². The molecule has 1 amide bonds. The molecule has 24 heavy (non-hydrogen) atoms. The van der Waals surface area contributed by atoms with Gasteiger partial charge in [0.2, 0.25) is 5.91 Å². The molecule has 1 atom stereocenters. The summed E-state index contributed by atoms with van der Waals surface area (Å²) in [6, 6.07) is 8.31. The molecule has 1 aliphatic heterocycles. The van der Waals surface area contributed by atoms with E-state index < -0.39 is 0 Å². The van der Waals surface area contributed by atoms with Crippen LogP contribution in [0.15, 0.2) is 36.9 Å². The van der Waals surface area contributed by atoms with E-state index in [1.54, 1.807) is 22.3 Å². The summed E-state index contributed by atoms with van der Waals surface area (Å²) < 4.78 is 2.96. The number of amides is 1. The number of rotatable bonds is 5. The molecule has 0 N–H and O–H groups in total. The van der Waals surface area contributed by atoms with Gasteiger partial charge in [-0.05, 0) is 31.4 Å². The minimum Gasteiger partial charge on any atom is -0.333 e. The van der Waals surface area contributed by atoms with E-state index in [0.717, 1.165) is 42.9 Å². The van der Waals surface area contributed by atoms with Gasteiger partial charge >= 0.3 is 0 Å². The second-order valence-corrected chi connectivity index (χ2v) is 7.09. The van der Waals surface area contributed by atoms with Crippen LogP contribution >= 0.6 is 11.3 Å². The van der Waals surface area contributed by atoms with E-state index in [0.29, 0.717) is 6.42 Å². The number of likely N-dealkylation sites (tertiary alicyclic amines) is 1. The van der Waals surface area contributed by atoms with Crippen molar-refractivity contribution in [3.8, 4) is 0 Å². The fourth-order valence-electron chi connectivity index (χ4n) is 3.24. The summed E-state index contributed by atoms with van der Waals surface area (Å²) in [6.45, 7) is 1.56. The Bertz CT molecular complexity index is 796. The minimum atomic E-state index is 0.140. The lowest BCUT2D eigenvalue weighted by Gasteiger charge is -2.23. The highest BCUT2D eigenvalue weighted by molar-refractivity contribution is 7.18. The van der Waals surface area contributed by atoms with Crippen LogP contribution in [0.2, 0.25) is 0 Å². The Labute approximate surface area is 144 Å². The van der Waals surface area contributed by atoms with Crippen molar-refractivity contribution in [3.05, 3.63) is 41.9 Å². The monoisotopic (exact) mass is 341 g/mol. The number of carbonyl (C=O) groups excluding carboxylic acids is 1. The average molecular weight is 341 g/mol. The molecule has 6 nitrogen and oxygen atoms in total. The van der Waals surface area contributed by atoms with Crippen molar-refractivity contribution in [2.24, 2.45) is 0 Å². The van der Waals surface area contributed by atoms with Crippen molar-refractivity contribution in [1.29, 1.82) is 0 Å². The Kier molecular flexibility index (Phi) is 4.25. The van der Waals surface area contributed by atoms with Crippen LogP contribution in [0.3, 0.4) is 0 Å². The van der Waals surface area contributed by atoms with Crippen molar-refractivity contribution in [3.63, 3.8) is 0 Å². The third kappa shape index (κ3) is 3.03. The number of carbonyl (C=O) groups is 1. The van der Waals surface area contributed by atoms with Gasteiger partial charge in [-0.15, -0.1) is 11.3 Å². The molecule has 3 aromatic rings. The van der Waals surface area contributed by atoms with Gasteiger partial charge in [-0.3, -0.25) is 9.48 Å². The van der Waals surface area contributed by atoms with Gasteiger partial charge in [0.25, 0.3) is 0 Å². The Balaban J connectivity index is 1.42. The van der Waals surface area contributed by atoms with Gasteiger partial charge in [-0.25, -0.2) is 9.97 Å². The lowest BCUT2D eigenvalue weighted by molar-refractivity contribution is -0.132. The number of thiazole rings is 1. The number of aromatic nitrogens is 4. The fraction of sp³-hybridized carbons (Fsp3) is 0.412. The molecule has 4 rings (SSSR count). The van der Waals surface area contributed by atoms with Gasteiger partial charge in [0.05, 0.1) is 16.3 Å². The summed E-state index contributed by atoms with van der Waals surface area (Å²) in [6.07, 6.45) is 6.59. The zero-order chi connectivity index (χ0) is 16.4. The number of hydrogen-bond donors (Lipinski definition) is 0. The molecule has 0 bridgehead atoms. The third-order valence-electron chi connectivity index (χ3n) is 4.41. The summed E-state index contributed by atoms with van der Waals surface area (Å²) in [5.74, 6) is 0.219. The second kappa shape index (κ2) is 6.68. The van der Waals surface area contributed by atoms with E-state index in [9.17, 15) is 4.79 Å². The van der Waals surface area contributed by atoms with Gasteiger partial charge < -0.3 is 4.90 Å². The Morgan fingerprint density at radius 1 is 1.33 bits per heavy atom. The highest BCUT2D eigenvalue weighted by Gasteiger charge is 2.31. The van der Waals surface area contributed by atoms with Crippen LogP contribution in [0.1, 0.15) is 36.7 Å². The first-order valence-corrected chi connectivity index (χ1v) is 9.10. The fourth-order valence-corrected chi connectivity index (χ4v) is 4.35. The third-order valence-corrected chi connectivity index (χ3v) is 5.55. The maximum Gasteiger partial charge on any atom is 0.223 e. The highest BCUT2D eigenvalue weighted by atomic mass is 32.1. The summed E-state index contributed by atoms with van der Waals surface area (Å²) in [4.78, 5) is 23.3. The molecule has 1 aliphatic rings. The summed E-state index contributed by atoms with van der Waals surface area (Å²) in [5.41, 5.74) is 1.03. The molecular formula is C17H19N5OS. The highest BCUT2D eigenvalue weighted by Crippen LogP contribution is 2.36. The van der Waals surface area contributed by atoms with Crippen LogP contribution in [0.25, 0.3) is 10.2 Å². The maximum absolute atomic E-state index is 12.6. The van der Waals surface area contributed by atoms with Gasteiger partial charge in [-0.2, -0.15) is 5.10 Å². The van der Waals surface area contributed by atoms with E-state index in [4.69, 9.17) is 4.98 Å². The van der Waals surface area contributed by atoms with Crippen LogP contribution in [0, 0.1) is 0 Å². The van der Waals surface area contributed by atoms with Gasteiger partial charge in [-0.1, -0.05) is 12.1 Å². The molecule has 0 unspecified atom stereocenters. The number of fused-ring (bicyclic) bond motifs is 1. The number of hydrogen-bond acceptors (Lipinski definition) is 5. The molecule has 3 heterocycles. The summed E-state index contributed by atoms with van der Waals surface area (Å²) >= 11 is 1.71. The van der Waals surface area contributed by atoms with E-state index in [2.05, 4.69) is 16.1 Å². The first-order chi connectivity index (χ1) is 11.8. The molecular weight excluding hydrogens is 322 g/mol. The van der Waals surface area contributed by atoms with Crippen LogP contribution < -0.4 is 0 Å². The van der Waals surface area contributed by atoms with Crippen molar-refractivity contribution >= 4 is 27.5 Å².